The molecule has 8 heteroatoms. The van der Waals surface area contributed by atoms with Gasteiger partial charge < -0.3 is 9.47 Å². The van der Waals surface area contributed by atoms with Gasteiger partial charge in [0.25, 0.3) is 5.91 Å². The van der Waals surface area contributed by atoms with Gasteiger partial charge in [-0.05, 0) is 34.5 Å². The van der Waals surface area contributed by atoms with Crippen molar-refractivity contribution in [1.82, 2.24) is 19.4 Å². The number of nitrogens with zero attached hydrogens (tertiary/aromatic N) is 4. The number of halogens is 1. The molecule has 0 saturated carbocycles. The number of imidazole rings is 1. The Kier molecular flexibility index (Phi) is 5.01. The van der Waals surface area contributed by atoms with Crippen molar-refractivity contribution < 1.29 is 4.79 Å². The number of aromatic nitrogens is 3. The molecular weight excluding hydrogens is 388 g/mol. The van der Waals surface area contributed by atoms with Gasteiger partial charge in [0, 0.05) is 48.3 Å². The largest absolute Gasteiger partial charge is 0.336 e. The number of pyridine rings is 1. The van der Waals surface area contributed by atoms with Crippen LogP contribution < -0.4 is 0 Å². The van der Waals surface area contributed by atoms with E-state index in [2.05, 4.69) is 15.3 Å². The molecule has 0 unspecified atom stereocenters. The van der Waals surface area contributed by atoms with Crippen LogP contribution in [-0.4, -0.2) is 31.9 Å². The van der Waals surface area contributed by atoms with Crippen molar-refractivity contribution in [3.8, 4) is 0 Å². The molecule has 4 aromatic rings. The van der Waals surface area contributed by atoms with Crippen LogP contribution in [0.5, 0.6) is 0 Å². The highest BCUT2D eigenvalue weighted by Gasteiger charge is 2.19. The molecule has 0 aromatic carbocycles. The molecule has 0 spiro atoms. The predicted molar refractivity (Wildman–Crippen MR) is 106 cm³/mol. The minimum Gasteiger partial charge on any atom is -0.336 e. The zero-order valence-electron chi connectivity index (χ0n) is 13.7. The topological polar surface area (TPSA) is 51.0 Å². The summed E-state index contributed by atoms with van der Waals surface area (Å²) in [5.74, 6) is 0.00795. The summed E-state index contributed by atoms with van der Waals surface area (Å²) in [4.78, 5) is 23.9. The summed E-state index contributed by atoms with van der Waals surface area (Å²) in [5, 5.41) is 5.36. The highest BCUT2D eigenvalue weighted by Crippen LogP contribution is 2.30. The number of thiophene rings is 2. The van der Waals surface area contributed by atoms with Crippen molar-refractivity contribution in [3.63, 3.8) is 0 Å². The van der Waals surface area contributed by atoms with Gasteiger partial charge in [-0.1, -0.05) is 11.6 Å². The van der Waals surface area contributed by atoms with Gasteiger partial charge >= 0.3 is 0 Å². The Labute approximate surface area is 163 Å². The molecule has 1 amide bonds. The van der Waals surface area contributed by atoms with Gasteiger partial charge in [-0.3, -0.25) is 4.79 Å². The van der Waals surface area contributed by atoms with Gasteiger partial charge in [-0.25, -0.2) is 9.97 Å². The maximum atomic E-state index is 13.2. The number of carbonyl (C=O) groups excluding carboxylic acids is 1. The fraction of sp³-hybridized carbons (Fsp3) is 0.167. The van der Waals surface area contributed by atoms with Crippen LogP contribution in [0.2, 0.25) is 5.15 Å². The van der Waals surface area contributed by atoms with E-state index >= 15 is 0 Å². The Balaban J connectivity index is 1.60. The number of hydrogen-bond donors (Lipinski definition) is 0. The summed E-state index contributed by atoms with van der Waals surface area (Å²) in [6.45, 7) is 1.88. The second-order valence-corrected chi connectivity index (χ2v) is 8.00. The maximum absolute atomic E-state index is 13.2. The third kappa shape index (κ3) is 3.65. The summed E-state index contributed by atoms with van der Waals surface area (Å²) in [5.41, 5.74) is 1.13. The highest BCUT2D eigenvalue weighted by molar-refractivity contribution is 7.20. The number of fused-ring (bicyclic) bond motifs is 1. The predicted octanol–water partition coefficient (Wildman–Crippen LogP) is 4.55. The lowest BCUT2D eigenvalue weighted by Crippen LogP contribution is -2.32. The summed E-state index contributed by atoms with van der Waals surface area (Å²) >= 11 is 9.25. The van der Waals surface area contributed by atoms with Crippen LogP contribution in [0.15, 0.2) is 53.9 Å². The van der Waals surface area contributed by atoms with Gasteiger partial charge in [-0.15, -0.1) is 11.3 Å². The molecule has 4 heterocycles. The Hall–Kier alpha value is -2.22. The molecule has 0 atom stereocenters. The third-order valence-electron chi connectivity index (χ3n) is 4.04. The SMILES string of the molecule is O=C(c1cc2c(Cl)nccc2s1)N(CCn1ccnc1)Cc1ccsc1. The Morgan fingerprint density at radius 1 is 1.31 bits per heavy atom. The average Bonchev–Trinajstić information content (AvgIpc) is 3.39. The molecule has 0 fully saturated rings. The standard InChI is InChI=1S/C18H15ClN4OS2/c19-17-14-9-16(26-15(14)1-3-21-17)18(24)23(10-13-2-8-25-11-13)7-6-22-5-4-20-12-22/h1-5,8-9,11-12H,6-7,10H2. The van der Waals surface area contributed by atoms with E-state index in [1.165, 1.54) is 11.3 Å². The first kappa shape index (κ1) is 17.2. The van der Waals surface area contributed by atoms with E-state index in [1.807, 2.05) is 39.2 Å². The number of hydrogen-bond acceptors (Lipinski definition) is 5. The normalized spacial score (nSPS) is 11.1. The van der Waals surface area contributed by atoms with Crippen LogP contribution in [-0.2, 0) is 13.1 Å². The summed E-state index contributed by atoms with van der Waals surface area (Å²) in [6.07, 6.45) is 7.07. The van der Waals surface area contributed by atoms with Crippen LogP contribution in [0.1, 0.15) is 15.2 Å². The van der Waals surface area contributed by atoms with Crippen molar-refractivity contribution in [2.75, 3.05) is 6.54 Å². The zero-order valence-corrected chi connectivity index (χ0v) is 16.1. The lowest BCUT2D eigenvalue weighted by Gasteiger charge is -2.22. The molecule has 0 bridgehead atoms. The van der Waals surface area contributed by atoms with E-state index in [4.69, 9.17) is 11.6 Å². The molecule has 0 aliphatic rings. The molecule has 132 valence electrons. The van der Waals surface area contributed by atoms with Crippen molar-refractivity contribution in [1.29, 1.82) is 0 Å². The van der Waals surface area contributed by atoms with Gasteiger partial charge in [0.15, 0.2) is 0 Å². The van der Waals surface area contributed by atoms with Gasteiger partial charge in [0.2, 0.25) is 0 Å². The first-order chi connectivity index (χ1) is 12.7. The van der Waals surface area contributed by atoms with E-state index in [1.54, 1.807) is 30.1 Å². The quantitative estimate of drug-likeness (QED) is 0.444. The van der Waals surface area contributed by atoms with E-state index in [0.717, 1.165) is 15.6 Å². The number of carbonyl (C=O) groups is 1. The van der Waals surface area contributed by atoms with Crippen molar-refractivity contribution in [2.45, 2.75) is 13.1 Å². The summed E-state index contributed by atoms with van der Waals surface area (Å²) in [6, 6.07) is 5.78. The van der Waals surface area contributed by atoms with Crippen molar-refractivity contribution in [2.24, 2.45) is 0 Å². The molecular formula is C18H15ClN4OS2. The molecule has 26 heavy (non-hydrogen) atoms. The second-order valence-electron chi connectivity index (χ2n) is 5.78. The fourth-order valence-corrected chi connectivity index (χ4v) is 4.66. The molecule has 5 nitrogen and oxygen atoms in total. The second kappa shape index (κ2) is 7.57. The Morgan fingerprint density at radius 3 is 2.96 bits per heavy atom. The van der Waals surface area contributed by atoms with E-state index in [-0.39, 0.29) is 5.91 Å². The number of rotatable bonds is 6. The molecule has 0 aliphatic heterocycles. The van der Waals surface area contributed by atoms with Crippen molar-refractivity contribution >= 4 is 50.3 Å². The van der Waals surface area contributed by atoms with Gasteiger partial charge in [-0.2, -0.15) is 11.3 Å². The summed E-state index contributed by atoms with van der Waals surface area (Å²) < 4.78 is 2.94. The third-order valence-corrected chi connectivity index (χ3v) is 6.16. The highest BCUT2D eigenvalue weighted by atomic mass is 35.5. The van der Waals surface area contributed by atoms with Crippen LogP contribution in [0.25, 0.3) is 10.1 Å². The monoisotopic (exact) mass is 402 g/mol. The van der Waals surface area contributed by atoms with E-state index in [9.17, 15) is 4.79 Å². The van der Waals surface area contributed by atoms with Crippen LogP contribution in [0, 0.1) is 0 Å². The maximum Gasteiger partial charge on any atom is 0.264 e. The van der Waals surface area contributed by atoms with E-state index in [0.29, 0.717) is 29.7 Å². The summed E-state index contributed by atoms with van der Waals surface area (Å²) in [7, 11) is 0. The van der Waals surface area contributed by atoms with Crippen LogP contribution >= 0.6 is 34.3 Å². The first-order valence-corrected chi connectivity index (χ1v) is 10.1. The van der Waals surface area contributed by atoms with Gasteiger partial charge in [0.05, 0.1) is 11.2 Å². The van der Waals surface area contributed by atoms with Crippen LogP contribution in [0.4, 0.5) is 0 Å². The molecule has 4 rings (SSSR count). The Bertz CT molecular complexity index is 1010. The minimum absolute atomic E-state index is 0.00795. The van der Waals surface area contributed by atoms with E-state index < -0.39 is 0 Å². The average molecular weight is 403 g/mol. The molecule has 4 aromatic heterocycles. The van der Waals surface area contributed by atoms with Crippen LogP contribution in [0.3, 0.4) is 0 Å². The lowest BCUT2D eigenvalue weighted by atomic mass is 10.2. The molecule has 0 N–H and O–H groups in total. The van der Waals surface area contributed by atoms with Gasteiger partial charge in [0.1, 0.15) is 5.15 Å². The first-order valence-electron chi connectivity index (χ1n) is 8.01. The molecule has 0 radical (unpaired) electrons. The lowest BCUT2D eigenvalue weighted by molar-refractivity contribution is 0.0742. The van der Waals surface area contributed by atoms with Crippen molar-refractivity contribution in [3.05, 3.63) is 69.5 Å². The number of amides is 1. The smallest absolute Gasteiger partial charge is 0.264 e. The Morgan fingerprint density at radius 2 is 2.23 bits per heavy atom. The fourth-order valence-electron chi connectivity index (χ4n) is 2.70. The minimum atomic E-state index is 0.00795. The molecule has 0 aliphatic carbocycles. The zero-order chi connectivity index (χ0) is 17.9. The molecule has 0 saturated heterocycles.